The number of nitrogens with one attached hydrogen (secondary N) is 1. The average molecular weight is 280 g/mol. The first-order chi connectivity index (χ1) is 10.3. The Labute approximate surface area is 126 Å². The molecule has 4 nitrogen and oxygen atoms in total. The second-order valence-corrected chi connectivity index (χ2v) is 4.74. The first kappa shape index (κ1) is 14.9. The third-order valence-electron chi connectivity index (χ3n) is 3.39. The van der Waals surface area contributed by atoms with Crippen LogP contribution in [-0.2, 0) is 6.54 Å². The lowest BCUT2D eigenvalue weighted by Gasteiger charge is -2.19. The smallest absolute Gasteiger partial charge is 0.128 e. The van der Waals surface area contributed by atoms with E-state index in [1.807, 2.05) is 42.6 Å². The fourth-order valence-corrected chi connectivity index (χ4v) is 2.18. The highest BCUT2D eigenvalue weighted by atomic mass is 15.2. The van der Waals surface area contributed by atoms with Crippen LogP contribution in [0.5, 0.6) is 0 Å². The topological polar surface area (TPSA) is 52.0 Å². The van der Waals surface area contributed by atoms with Crippen molar-refractivity contribution in [3.05, 3.63) is 53.7 Å². The predicted octanol–water partition coefficient (Wildman–Crippen LogP) is 3.41. The zero-order chi connectivity index (χ0) is 15.1. The number of anilines is 2. The van der Waals surface area contributed by atoms with E-state index in [4.69, 9.17) is 5.26 Å². The van der Waals surface area contributed by atoms with E-state index in [-0.39, 0.29) is 0 Å². The van der Waals surface area contributed by atoms with E-state index in [1.165, 1.54) is 0 Å². The molecule has 0 spiro atoms. The van der Waals surface area contributed by atoms with E-state index >= 15 is 0 Å². The van der Waals surface area contributed by atoms with E-state index < -0.39 is 0 Å². The van der Waals surface area contributed by atoms with Crippen molar-refractivity contribution in [2.45, 2.75) is 20.4 Å². The normalized spacial score (nSPS) is 9.95. The Hall–Kier alpha value is -2.54. The zero-order valence-electron chi connectivity index (χ0n) is 12.5. The van der Waals surface area contributed by atoms with Crippen LogP contribution in [0, 0.1) is 11.3 Å². The van der Waals surface area contributed by atoms with Crippen molar-refractivity contribution in [1.29, 1.82) is 5.26 Å². The van der Waals surface area contributed by atoms with E-state index in [0.717, 1.165) is 30.2 Å². The van der Waals surface area contributed by atoms with Crippen LogP contribution in [0.25, 0.3) is 0 Å². The molecule has 0 saturated heterocycles. The van der Waals surface area contributed by atoms with Gasteiger partial charge in [0.1, 0.15) is 5.82 Å². The number of hydrogen-bond acceptors (Lipinski definition) is 4. The van der Waals surface area contributed by atoms with Crippen molar-refractivity contribution >= 4 is 11.5 Å². The van der Waals surface area contributed by atoms with Gasteiger partial charge in [0.15, 0.2) is 0 Å². The van der Waals surface area contributed by atoms with E-state index in [2.05, 4.69) is 35.1 Å². The summed E-state index contributed by atoms with van der Waals surface area (Å²) in [6.45, 7) is 6.84. The van der Waals surface area contributed by atoms with E-state index in [1.54, 1.807) is 0 Å². The van der Waals surface area contributed by atoms with Gasteiger partial charge in [-0.15, -0.1) is 0 Å². The number of benzene rings is 1. The summed E-state index contributed by atoms with van der Waals surface area (Å²) in [6, 6.07) is 13.8. The van der Waals surface area contributed by atoms with Gasteiger partial charge in [0.25, 0.3) is 0 Å². The largest absolute Gasteiger partial charge is 0.380 e. The Morgan fingerprint density at radius 2 is 2.00 bits per heavy atom. The molecule has 1 heterocycles. The van der Waals surface area contributed by atoms with Crippen molar-refractivity contribution in [1.82, 2.24) is 4.98 Å². The third kappa shape index (κ3) is 3.96. The van der Waals surface area contributed by atoms with Gasteiger partial charge in [-0.2, -0.15) is 5.26 Å². The van der Waals surface area contributed by atoms with Crippen LogP contribution in [0.15, 0.2) is 42.6 Å². The summed E-state index contributed by atoms with van der Waals surface area (Å²) >= 11 is 0. The molecule has 21 heavy (non-hydrogen) atoms. The maximum Gasteiger partial charge on any atom is 0.128 e. The maximum absolute atomic E-state index is 8.89. The highest BCUT2D eigenvalue weighted by molar-refractivity contribution is 5.49. The molecule has 0 atom stereocenters. The second-order valence-electron chi connectivity index (χ2n) is 4.74. The minimum absolute atomic E-state index is 0.682. The molecule has 4 heteroatoms. The van der Waals surface area contributed by atoms with Gasteiger partial charge in [0, 0.05) is 19.6 Å². The number of rotatable bonds is 6. The molecule has 0 fully saturated rings. The molecule has 0 radical (unpaired) electrons. The van der Waals surface area contributed by atoms with Gasteiger partial charge in [-0.05, 0) is 43.7 Å². The summed E-state index contributed by atoms with van der Waals surface area (Å²) in [5.74, 6) is 0.997. The summed E-state index contributed by atoms with van der Waals surface area (Å²) in [7, 11) is 0. The Balaban J connectivity index is 1.99. The molecule has 0 unspecified atom stereocenters. The van der Waals surface area contributed by atoms with Crippen LogP contribution in [0.1, 0.15) is 25.0 Å². The molecular formula is C17H20N4. The maximum atomic E-state index is 8.89. The van der Waals surface area contributed by atoms with Crippen molar-refractivity contribution in [2.75, 3.05) is 23.3 Å². The standard InChI is InChI=1S/C17H20N4/c1-3-21(4-2)17-9-8-16(13-20-17)19-12-15-7-5-6-14(10-15)11-18/h5-10,13,19H,3-4,12H2,1-2H3. The van der Waals surface area contributed by atoms with Crippen molar-refractivity contribution in [3.63, 3.8) is 0 Å². The Morgan fingerprint density at radius 1 is 1.19 bits per heavy atom. The molecule has 0 amide bonds. The van der Waals surface area contributed by atoms with Crippen LogP contribution in [0.2, 0.25) is 0 Å². The van der Waals surface area contributed by atoms with E-state index in [9.17, 15) is 0 Å². The molecule has 0 aliphatic heterocycles. The summed E-state index contributed by atoms with van der Waals surface area (Å²) in [5, 5.41) is 12.2. The quantitative estimate of drug-likeness (QED) is 0.881. The number of nitriles is 1. The van der Waals surface area contributed by atoms with Gasteiger partial charge in [-0.25, -0.2) is 4.98 Å². The molecule has 2 rings (SSSR count). The van der Waals surface area contributed by atoms with Crippen molar-refractivity contribution < 1.29 is 0 Å². The summed E-state index contributed by atoms with van der Waals surface area (Å²) < 4.78 is 0. The predicted molar refractivity (Wildman–Crippen MR) is 86.3 cm³/mol. The minimum atomic E-state index is 0.682. The Kier molecular flexibility index (Phi) is 5.16. The summed E-state index contributed by atoms with van der Waals surface area (Å²) in [6.07, 6.45) is 1.85. The Morgan fingerprint density at radius 3 is 2.62 bits per heavy atom. The van der Waals surface area contributed by atoms with Gasteiger partial charge in [0.05, 0.1) is 23.5 Å². The molecule has 1 N–H and O–H groups in total. The molecular weight excluding hydrogens is 260 g/mol. The van der Waals surface area contributed by atoms with Gasteiger partial charge in [-0.1, -0.05) is 12.1 Å². The monoisotopic (exact) mass is 280 g/mol. The fourth-order valence-electron chi connectivity index (χ4n) is 2.18. The lowest BCUT2D eigenvalue weighted by molar-refractivity contribution is 0.846. The summed E-state index contributed by atoms with van der Waals surface area (Å²) in [4.78, 5) is 6.69. The average Bonchev–Trinajstić information content (AvgIpc) is 2.55. The fraction of sp³-hybridized carbons (Fsp3) is 0.294. The van der Waals surface area contributed by atoms with Gasteiger partial charge < -0.3 is 10.2 Å². The molecule has 0 saturated carbocycles. The molecule has 0 aliphatic rings. The van der Waals surface area contributed by atoms with Gasteiger partial charge in [-0.3, -0.25) is 0 Å². The number of pyridine rings is 1. The highest BCUT2D eigenvalue weighted by Crippen LogP contribution is 2.15. The number of nitrogens with zero attached hydrogens (tertiary/aromatic N) is 3. The minimum Gasteiger partial charge on any atom is -0.380 e. The molecule has 0 aliphatic carbocycles. The third-order valence-corrected chi connectivity index (χ3v) is 3.39. The van der Waals surface area contributed by atoms with Crippen LogP contribution < -0.4 is 10.2 Å². The zero-order valence-corrected chi connectivity index (χ0v) is 12.5. The number of aromatic nitrogens is 1. The van der Waals surface area contributed by atoms with Gasteiger partial charge in [0.2, 0.25) is 0 Å². The van der Waals surface area contributed by atoms with Crippen LogP contribution in [0.3, 0.4) is 0 Å². The molecule has 0 bridgehead atoms. The first-order valence-corrected chi connectivity index (χ1v) is 7.20. The molecule has 108 valence electrons. The first-order valence-electron chi connectivity index (χ1n) is 7.20. The number of hydrogen-bond donors (Lipinski definition) is 1. The Bertz CT molecular complexity index is 609. The second kappa shape index (κ2) is 7.30. The van der Waals surface area contributed by atoms with Crippen molar-refractivity contribution in [2.24, 2.45) is 0 Å². The van der Waals surface area contributed by atoms with Crippen molar-refractivity contribution in [3.8, 4) is 6.07 Å². The van der Waals surface area contributed by atoms with Crippen LogP contribution in [-0.4, -0.2) is 18.1 Å². The highest BCUT2D eigenvalue weighted by Gasteiger charge is 2.03. The van der Waals surface area contributed by atoms with Crippen LogP contribution in [0.4, 0.5) is 11.5 Å². The molecule has 1 aromatic heterocycles. The summed E-state index contributed by atoms with van der Waals surface area (Å²) in [5.41, 5.74) is 2.75. The molecule has 1 aromatic carbocycles. The van der Waals surface area contributed by atoms with Gasteiger partial charge >= 0.3 is 0 Å². The molecule has 2 aromatic rings. The SMILES string of the molecule is CCN(CC)c1ccc(NCc2cccc(C#N)c2)cn1. The van der Waals surface area contributed by atoms with E-state index in [0.29, 0.717) is 12.1 Å². The lowest BCUT2D eigenvalue weighted by atomic mass is 10.1. The lowest BCUT2D eigenvalue weighted by Crippen LogP contribution is -2.22. The van der Waals surface area contributed by atoms with Crippen LogP contribution >= 0.6 is 0 Å².